The SMILES string of the molecule is CCC(C)c1nc(C(C)C(C)N)cs1. The largest absolute Gasteiger partial charge is 0.327 e. The van der Waals surface area contributed by atoms with E-state index in [0.717, 1.165) is 12.1 Å². The molecule has 2 N–H and O–H groups in total. The van der Waals surface area contributed by atoms with Gasteiger partial charge >= 0.3 is 0 Å². The highest BCUT2D eigenvalue weighted by Crippen LogP contribution is 2.26. The fourth-order valence-corrected chi connectivity index (χ4v) is 2.25. The molecule has 0 saturated heterocycles. The van der Waals surface area contributed by atoms with E-state index in [0.29, 0.717) is 11.8 Å². The number of hydrogen-bond donors (Lipinski definition) is 1. The third-order valence-corrected chi connectivity index (χ3v) is 3.92. The number of hydrogen-bond acceptors (Lipinski definition) is 3. The summed E-state index contributed by atoms with van der Waals surface area (Å²) in [4.78, 5) is 4.64. The van der Waals surface area contributed by atoms with Crippen LogP contribution in [0.3, 0.4) is 0 Å². The molecule has 0 amide bonds. The predicted octanol–water partition coefficient (Wildman–Crippen LogP) is 3.11. The van der Waals surface area contributed by atoms with E-state index in [1.807, 2.05) is 6.92 Å². The molecular formula is C11H20N2S. The van der Waals surface area contributed by atoms with Crippen LogP contribution in [-0.4, -0.2) is 11.0 Å². The summed E-state index contributed by atoms with van der Waals surface area (Å²) in [6.45, 7) is 8.59. The van der Waals surface area contributed by atoms with Crippen LogP contribution in [0.4, 0.5) is 0 Å². The maximum atomic E-state index is 5.85. The van der Waals surface area contributed by atoms with Gasteiger partial charge in [-0.3, -0.25) is 0 Å². The Kier molecular flexibility index (Phi) is 4.08. The first-order valence-corrected chi connectivity index (χ1v) is 6.15. The van der Waals surface area contributed by atoms with E-state index < -0.39 is 0 Å². The van der Waals surface area contributed by atoms with Crippen LogP contribution >= 0.6 is 11.3 Å². The van der Waals surface area contributed by atoms with E-state index >= 15 is 0 Å². The molecule has 0 radical (unpaired) electrons. The molecular weight excluding hydrogens is 192 g/mol. The Bertz CT molecular complexity index is 281. The van der Waals surface area contributed by atoms with Gasteiger partial charge in [0.05, 0.1) is 10.7 Å². The molecule has 0 aliphatic carbocycles. The summed E-state index contributed by atoms with van der Waals surface area (Å²) in [6.07, 6.45) is 1.15. The van der Waals surface area contributed by atoms with Crippen molar-refractivity contribution in [3.05, 3.63) is 16.1 Å². The number of nitrogens with zero attached hydrogens (tertiary/aromatic N) is 1. The second kappa shape index (κ2) is 4.89. The first-order chi connectivity index (χ1) is 6.56. The molecule has 0 bridgehead atoms. The van der Waals surface area contributed by atoms with Gasteiger partial charge < -0.3 is 5.73 Å². The molecule has 0 aliphatic rings. The number of nitrogens with two attached hydrogens (primary N) is 1. The molecule has 1 aromatic heterocycles. The van der Waals surface area contributed by atoms with Crippen LogP contribution in [0.5, 0.6) is 0 Å². The molecule has 80 valence electrons. The Morgan fingerprint density at radius 2 is 2.07 bits per heavy atom. The molecule has 3 unspecified atom stereocenters. The maximum Gasteiger partial charge on any atom is 0.0956 e. The van der Waals surface area contributed by atoms with Gasteiger partial charge in [-0.25, -0.2) is 4.98 Å². The smallest absolute Gasteiger partial charge is 0.0956 e. The van der Waals surface area contributed by atoms with Crippen LogP contribution in [0.2, 0.25) is 0 Å². The zero-order chi connectivity index (χ0) is 10.7. The Balaban J connectivity index is 2.77. The van der Waals surface area contributed by atoms with Crippen molar-refractivity contribution in [3.63, 3.8) is 0 Å². The van der Waals surface area contributed by atoms with Crippen molar-refractivity contribution < 1.29 is 0 Å². The van der Waals surface area contributed by atoms with Crippen LogP contribution in [0.15, 0.2) is 5.38 Å². The molecule has 0 spiro atoms. The van der Waals surface area contributed by atoms with Crippen molar-refractivity contribution >= 4 is 11.3 Å². The minimum atomic E-state index is 0.182. The monoisotopic (exact) mass is 212 g/mol. The molecule has 1 heterocycles. The maximum absolute atomic E-state index is 5.85. The highest BCUT2D eigenvalue weighted by molar-refractivity contribution is 7.09. The van der Waals surface area contributed by atoms with Gasteiger partial charge in [-0.15, -0.1) is 11.3 Å². The Morgan fingerprint density at radius 3 is 2.57 bits per heavy atom. The van der Waals surface area contributed by atoms with Crippen molar-refractivity contribution in [2.45, 2.75) is 52.0 Å². The summed E-state index contributed by atoms with van der Waals surface area (Å²) < 4.78 is 0. The van der Waals surface area contributed by atoms with Crippen molar-refractivity contribution in [3.8, 4) is 0 Å². The lowest BCUT2D eigenvalue weighted by atomic mass is 10.0. The van der Waals surface area contributed by atoms with E-state index in [2.05, 4.69) is 31.1 Å². The highest BCUT2D eigenvalue weighted by Gasteiger charge is 2.15. The normalized spacial score (nSPS) is 17.8. The van der Waals surface area contributed by atoms with Crippen LogP contribution < -0.4 is 5.73 Å². The minimum absolute atomic E-state index is 0.182. The molecule has 2 nitrogen and oxygen atoms in total. The summed E-state index contributed by atoms with van der Waals surface area (Å²) in [5, 5.41) is 3.39. The lowest BCUT2D eigenvalue weighted by Crippen LogP contribution is -2.22. The summed E-state index contributed by atoms with van der Waals surface area (Å²) in [6, 6.07) is 0.182. The average Bonchev–Trinajstić information content (AvgIpc) is 2.64. The second-order valence-electron chi connectivity index (χ2n) is 4.07. The number of rotatable bonds is 4. The molecule has 1 aromatic rings. The van der Waals surface area contributed by atoms with E-state index in [1.54, 1.807) is 11.3 Å². The van der Waals surface area contributed by atoms with Gasteiger partial charge in [-0.1, -0.05) is 20.8 Å². The molecule has 3 heteroatoms. The Hall–Kier alpha value is -0.410. The standard InChI is InChI=1S/C11H20N2S/c1-5-7(2)11-13-10(6-14-11)8(3)9(4)12/h6-9H,5,12H2,1-4H3. The van der Waals surface area contributed by atoms with Crippen LogP contribution in [-0.2, 0) is 0 Å². The second-order valence-corrected chi connectivity index (χ2v) is 4.96. The molecule has 0 aromatic carbocycles. The third-order valence-electron chi connectivity index (χ3n) is 2.83. The fourth-order valence-electron chi connectivity index (χ4n) is 1.18. The lowest BCUT2D eigenvalue weighted by Gasteiger charge is -2.12. The van der Waals surface area contributed by atoms with Crippen molar-refractivity contribution in [2.24, 2.45) is 5.73 Å². The van der Waals surface area contributed by atoms with E-state index in [1.165, 1.54) is 5.01 Å². The Morgan fingerprint density at radius 1 is 1.43 bits per heavy atom. The Labute approximate surface area is 90.6 Å². The first-order valence-electron chi connectivity index (χ1n) is 5.27. The molecule has 1 rings (SSSR count). The zero-order valence-electron chi connectivity index (χ0n) is 9.45. The lowest BCUT2D eigenvalue weighted by molar-refractivity contribution is 0.596. The molecule has 0 aliphatic heterocycles. The highest BCUT2D eigenvalue weighted by atomic mass is 32.1. The molecule has 14 heavy (non-hydrogen) atoms. The van der Waals surface area contributed by atoms with Gasteiger partial charge in [0.25, 0.3) is 0 Å². The van der Waals surface area contributed by atoms with Gasteiger partial charge in [-0.2, -0.15) is 0 Å². The van der Waals surface area contributed by atoms with Crippen LogP contribution in [0.1, 0.15) is 56.7 Å². The zero-order valence-corrected chi connectivity index (χ0v) is 10.3. The first kappa shape index (κ1) is 11.7. The molecule has 0 fully saturated rings. The summed E-state index contributed by atoms with van der Waals surface area (Å²) >= 11 is 1.76. The van der Waals surface area contributed by atoms with Crippen LogP contribution in [0.25, 0.3) is 0 Å². The number of thiazole rings is 1. The third kappa shape index (κ3) is 2.55. The van der Waals surface area contributed by atoms with Gasteiger partial charge in [0, 0.05) is 23.3 Å². The van der Waals surface area contributed by atoms with Gasteiger partial charge in [0.2, 0.25) is 0 Å². The average molecular weight is 212 g/mol. The van der Waals surface area contributed by atoms with Gasteiger partial charge in [-0.05, 0) is 13.3 Å². The number of aromatic nitrogens is 1. The predicted molar refractivity (Wildman–Crippen MR) is 62.9 cm³/mol. The summed E-state index contributed by atoms with van der Waals surface area (Å²) in [5.74, 6) is 0.943. The van der Waals surface area contributed by atoms with Gasteiger partial charge in [0.1, 0.15) is 0 Å². The summed E-state index contributed by atoms with van der Waals surface area (Å²) in [7, 11) is 0. The van der Waals surface area contributed by atoms with Gasteiger partial charge in [0.15, 0.2) is 0 Å². The fraction of sp³-hybridized carbons (Fsp3) is 0.727. The topological polar surface area (TPSA) is 38.9 Å². The minimum Gasteiger partial charge on any atom is -0.327 e. The van der Waals surface area contributed by atoms with Crippen molar-refractivity contribution in [1.82, 2.24) is 4.98 Å². The van der Waals surface area contributed by atoms with Crippen molar-refractivity contribution in [1.29, 1.82) is 0 Å². The van der Waals surface area contributed by atoms with E-state index in [9.17, 15) is 0 Å². The van der Waals surface area contributed by atoms with E-state index in [4.69, 9.17) is 5.73 Å². The van der Waals surface area contributed by atoms with E-state index in [-0.39, 0.29) is 6.04 Å². The quantitative estimate of drug-likeness (QED) is 0.833. The summed E-state index contributed by atoms with van der Waals surface area (Å²) in [5.41, 5.74) is 7.00. The molecule has 3 atom stereocenters. The van der Waals surface area contributed by atoms with Crippen molar-refractivity contribution in [2.75, 3.05) is 0 Å². The molecule has 0 saturated carbocycles. The van der Waals surface area contributed by atoms with Crippen LogP contribution in [0, 0.1) is 0 Å².